The van der Waals surface area contributed by atoms with Gasteiger partial charge in [-0.15, -0.1) is 0 Å². The Labute approximate surface area is 81.6 Å². The van der Waals surface area contributed by atoms with Gasteiger partial charge in [0.05, 0.1) is 0 Å². The van der Waals surface area contributed by atoms with Crippen LogP contribution in [0.3, 0.4) is 0 Å². The number of methoxy groups -OCH3 is 1. The van der Waals surface area contributed by atoms with Gasteiger partial charge >= 0.3 is 0 Å². The lowest BCUT2D eigenvalue weighted by Gasteiger charge is -1.80. The molecule has 1 aliphatic rings. The number of rotatable bonds is 0. The fourth-order valence-electron chi connectivity index (χ4n) is 0.356. The van der Waals surface area contributed by atoms with Crippen molar-refractivity contribution in [2.24, 2.45) is 0 Å². The van der Waals surface area contributed by atoms with Crippen LogP contribution in [0.1, 0.15) is 6.92 Å². The number of amides is 2. The van der Waals surface area contributed by atoms with Crippen molar-refractivity contribution >= 4 is 17.8 Å². The van der Waals surface area contributed by atoms with Gasteiger partial charge in [-0.25, -0.2) is 0 Å². The number of carboxylic acid groups (broad SMARTS) is 1. The number of carbonyl (C=O) groups excluding carboxylic acids is 2. The fraction of sp³-hybridized carbons (Fsp3) is 0.375. The van der Waals surface area contributed by atoms with Crippen molar-refractivity contribution in [2.75, 3.05) is 14.2 Å². The molecule has 0 aromatic carbocycles. The van der Waals surface area contributed by atoms with E-state index in [4.69, 9.17) is 9.90 Å². The van der Waals surface area contributed by atoms with Gasteiger partial charge < -0.3 is 9.84 Å². The van der Waals surface area contributed by atoms with Gasteiger partial charge in [-0.05, 0) is 0 Å². The third-order valence-electron chi connectivity index (χ3n) is 0.632. The minimum atomic E-state index is -0.833. The first-order chi connectivity index (χ1) is 6.43. The molecule has 1 aliphatic heterocycles. The Bertz CT molecular complexity index is 214. The number of hydrogen-bond acceptors (Lipinski definition) is 4. The Hall–Kier alpha value is -1.69. The van der Waals surface area contributed by atoms with Crippen LogP contribution in [-0.2, 0) is 19.1 Å². The van der Waals surface area contributed by atoms with Crippen LogP contribution < -0.4 is 5.32 Å². The third kappa shape index (κ3) is 16.7. The van der Waals surface area contributed by atoms with Crippen LogP contribution in [-0.4, -0.2) is 37.1 Å². The molecule has 2 N–H and O–H groups in total. The Morgan fingerprint density at radius 3 is 1.57 bits per heavy atom. The van der Waals surface area contributed by atoms with Gasteiger partial charge in [-0.3, -0.25) is 19.7 Å². The molecule has 14 heavy (non-hydrogen) atoms. The van der Waals surface area contributed by atoms with Crippen LogP contribution in [0.2, 0.25) is 0 Å². The van der Waals surface area contributed by atoms with Crippen molar-refractivity contribution < 1.29 is 24.2 Å². The molecule has 6 heteroatoms. The van der Waals surface area contributed by atoms with E-state index in [1.807, 2.05) is 5.32 Å². The Morgan fingerprint density at radius 2 is 1.50 bits per heavy atom. The van der Waals surface area contributed by atoms with Crippen LogP contribution >= 0.6 is 0 Å². The maximum atomic E-state index is 10.0. The molecule has 2 amide bonds. The molecule has 0 aromatic rings. The van der Waals surface area contributed by atoms with Gasteiger partial charge in [0.1, 0.15) is 0 Å². The summed E-state index contributed by atoms with van der Waals surface area (Å²) >= 11 is 0. The highest BCUT2D eigenvalue weighted by atomic mass is 16.4. The molecule has 80 valence electrons. The topological polar surface area (TPSA) is 92.7 Å². The summed E-state index contributed by atoms with van der Waals surface area (Å²) in [6, 6.07) is 0. The molecular formula is C8H13NO5. The van der Waals surface area contributed by atoms with Gasteiger partial charge in [0.2, 0.25) is 0 Å². The first kappa shape index (κ1) is 14.8. The highest BCUT2D eigenvalue weighted by Crippen LogP contribution is 1.82. The molecular weight excluding hydrogens is 190 g/mol. The molecule has 1 heterocycles. The van der Waals surface area contributed by atoms with Gasteiger partial charge in [0, 0.05) is 33.3 Å². The first-order valence-electron chi connectivity index (χ1n) is 3.56. The maximum Gasteiger partial charge on any atom is 0.300 e. The molecule has 1 rings (SSSR count). The largest absolute Gasteiger partial charge is 0.481 e. The molecule has 0 spiro atoms. The number of imide groups is 1. The van der Waals surface area contributed by atoms with E-state index < -0.39 is 5.97 Å². The maximum absolute atomic E-state index is 10.0. The highest BCUT2D eigenvalue weighted by Gasteiger charge is 2.06. The van der Waals surface area contributed by atoms with Crippen molar-refractivity contribution in [3.05, 3.63) is 12.2 Å². The molecule has 0 aromatic heterocycles. The van der Waals surface area contributed by atoms with Crippen molar-refractivity contribution in [3.63, 3.8) is 0 Å². The number of hydrogen-bond donors (Lipinski definition) is 2. The minimum absolute atomic E-state index is 0.329. The van der Waals surface area contributed by atoms with E-state index in [2.05, 4.69) is 4.74 Å². The second kappa shape index (κ2) is 9.40. The zero-order chi connectivity index (χ0) is 11.6. The highest BCUT2D eigenvalue weighted by molar-refractivity contribution is 6.12. The first-order valence-corrected chi connectivity index (χ1v) is 3.56. The molecule has 0 saturated heterocycles. The lowest BCUT2D eigenvalue weighted by Crippen LogP contribution is -2.19. The van der Waals surface area contributed by atoms with Crippen molar-refractivity contribution in [1.29, 1.82) is 0 Å². The summed E-state index contributed by atoms with van der Waals surface area (Å²) in [7, 11) is 3.25. The normalized spacial score (nSPS) is 11.9. The number of carboxylic acids is 1. The van der Waals surface area contributed by atoms with Crippen molar-refractivity contribution in [3.8, 4) is 0 Å². The van der Waals surface area contributed by atoms with E-state index in [-0.39, 0.29) is 11.8 Å². The predicted octanol–water partition coefficient (Wildman–Crippen LogP) is -0.447. The molecule has 0 fully saturated rings. The van der Waals surface area contributed by atoms with E-state index in [0.717, 1.165) is 6.92 Å². The minimum Gasteiger partial charge on any atom is -0.481 e. The number of aliphatic carboxylic acids is 1. The van der Waals surface area contributed by atoms with Crippen LogP contribution in [0.4, 0.5) is 0 Å². The number of ether oxygens (including phenoxy) is 1. The molecule has 0 bridgehead atoms. The average molecular weight is 203 g/mol. The molecule has 0 atom stereocenters. The Balaban J connectivity index is 0. The van der Waals surface area contributed by atoms with Gasteiger partial charge in [0.25, 0.3) is 17.8 Å². The molecule has 0 aliphatic carbocycles. The van der Waals surface area contributed by atoms with E-state index >= 15 is 0 Å². The van der Waals surface area contributed by atoms with E-state index in [9.17, 15) is 9.59 Å². The van der Waals surface area contributed by atoms with Crippen molar-refractivity contribution in [1.82, 2.24) is 5.32 Å². The summed E-state index contributed by atoms with van der Waals surface area (Å²) in [6.45, 7) is 1.08. The summed E-state index contributed by atoms with van der Waals surface area (Å²) in [4.78, 5) is 29.1. The zero-order valence-corrected chi connectivity index (χ0v) is 8.23. The van der Waals surface area contributed by atoms with E-state index in [1.165, 1.54) is 12.2 Å². The zero-order valence-electron chi connectivity index (χ0n) is 8.23. The average Bonchev–Trinajstić information content (AvgIpc) is 2.34. The van der Waals surface area contributed by atoms with Crippen molar-refractivity contribution in [2.45, 2.75) is 6.92 Å². The van der Waals surface area contributed by atoms with E-state index in [1.54, 1.807) is 14.2 Å². The van der Waals surface area contributed by atoms with Crippen LogP contribution in [0.25, 0.3) is 0 Å². The smallest absolute Gasteiger partial charge is 0.300 e. The molecule has 0 unspecified atom stereocenters. The fourth-order valence-corrected chi connectivity index (χ4v) is 0.356. The summed E-state index contributed by atoms with van der Waals surface area (Å²) < 4.78 is 4.25. The molecule has 0 radical (unpaired) electrons. The number of nitrogens with one attached hydrogen (secondary N) is 1. The lowest BCUT2D eigenvalue weighted by molar-refractivity contribution is -0.134. The summed E-state index contributed by atoms with van der Waals surface area (Å²) in [5.74, 6) is -1.49. The molecule has 0 saturated carbocycles. The summed E-state index contributed by atoms with van der Waals surface area (Å²) in [6.07, 6.45) is 2.39. The molecule has 6 nitrogen and oxygen atoms in total. The summed E-state index contributed by atoms with van der Waals surface area (Å²) in [5.41, 5.74) is 0. The predicted molar refractivity (Wildman–Crippen MR) is 48.5 cm³/mol. The van der Waals surface area contributed by atoms with Crippen LogP contribution in [0.5, 0.6) is 0 Å². The summed E-state index contributed by atoms with van der Waals surface area (Å²) in [5, 5.41) is 9.44. The van der Waals surface area contributed by atoms with Gasteiger partial charge in [-0.2, -0.15) is 0 Å². The van der Waals surface area contributed by atoms with Gasteiger partial charge in [0.15, 0.2) is 0 Å². The SMILES string of the molecule is CC(=O)O.COC.O=C1C=CC(=O)N1. The standard InChI is InChI=1S/C4H3NO2.C2H4O2.C2H6O/c6-3-1-2-4(7)5-3;1-2(3)4;1-3-2/h1-2H,(H,5,6,7);1H3,(H,3,4);1-2H3. The van der Waals surface area contributed by atoms with E-state index in [0.29, 0.717) is 0 Å². The third-order valence-corrected chi connectivity index (χ3v) is 0.632. The Morgan fingerprint density at radius 1 is 1.29 bits per heavy atom. The monoisotopic (exact) mass is 203 g/mol. The van der Waals surface area contributed by atoms with Crippen LogP contribution in [0, 0.1) is 0 Å². The van der Waals surface area contributed by atoms with Gasteiger partial charge in [-0.1, -0.05) is 0 Å². The number of carbonyl (C=O) groups is 3. The quantitative estimate of drug-likeness (QED) is 0.520. The lowest BCUT2D eigenvalue weighted by atomic mass is 10.6. The second-order valence-corrected chi connectivity index (χ2v) is 2.11. The second-order valence-electron chi connectivity index (χ2n) is 2.11. The van der Waals surface area contributed by atoms with Crippen LogP contribution in [0.15, 0.2) is 12.2 Å². The Kier molecular flexibility index (Phi) is 9.94.